The van der Waals surface area contributed by atoms with Crippen molar-refractivity contribution < 1.29 is 34.4 Å². The zero-order valence-electron chi connectivity index (χ0n) is 16.2. The fraction of sp³-hybridized carbons (Fsp3) is 0.556. The quantitative estimate of drug-likeness (QED) is 0.309. The molecule has 1 heterocycles. The molecule has 1 fully saturated rings. The Bertz CT molecular complexity index is 782. The van der Waals surface area contributed by atoms with Crippen LogP contribution in [0.15, 0.2) is 18.2 Å². The number of nitrogens with zero attached hydrogens (tertiary/aromatic N) is 3. The van der Waals surface area contributed by atoms with Crippen molar-refractivity contribution >= 4 is 28.4 Å². The number of halogens is 1. The van der Waals surface area contributed by atoms with Gasteiger partial charge < -0.3 is 24.8 Å². The minimum absolute atomic E-state index is 0.101. The lowest BCUT2D eigenvalue weighted by Gasteiger charge is -2.49. The average Bonchev–Trinajstić information content (AvgIpc) is 3.20. The van der Waals surface area contributed by atoms with Gasteiger partial charge in [-0.2, -0.15) is 0 Å². The Balaban J connectivity index is 2.00. The second-order valence-corrected chi connectivity index (χ2v) is 8.20. The van der Waals surface area contributed by atoms with Crippen LogP contribution in [0.5, 0.6) is 11.5 Å². The molecule has 1 saturated carbocycles. The Kier molecular flexibility index (Phi) is 6.34. The van der Waals surface area contributed by atoms with E-state index in [4.69, 9.17) is 9.47 Å². The molecule has 6 atom stereocenters. The van der Waals surface area contributed by atoms with Crippen LogP contribution < -0.4 is 9.47 Å². The number of alkyl halides is 1. The summed E-state index contributed by atoms with van der Waals surface area (Å²) in [6.45, 7) is 0.101. The third kappa shape index (κ3) is 3.80. The molecule has 3 amide bonds. The number of hydrogen-bond acceptors (Lipinski definition) is 8. The van der Waals surface area contributed by atoms with Crippen LogP contribution in [0.25, 0.3) is 0 Å². The monoisotopic (exact) mass is 473 g/mol. The molecule has 2 aliphatic rings. The lowest BCUT2D eigenvalue weighted by Crippen LogP contribution is -2.66. The first-order valence-corrected chi connectivity index (χ1v) is 9.87. The van der Waals surface area contributed by atoms with Gasteiger partial charge in [0.1, 0.15) is 12.2 Å². The molecular weight excluding hydrogens is 450 g/mol. The van der Waals surface area contributed by atoms with E-state index in [2.05, 4.69) is 15.9 Å². The molecule has 0 aromatic heterocycles. The average molecular weight is 474 g/mol. The topological polar surface area (TPSA) is 123 Å². The minimum atomic E-state index is -1.44. The van der Waals surface area contributed by atoms with Crippen LogP contribution in [0.3, 0.4) is 0 Å². The number of hydrazine groups is 1. The predicted molar refractivity (Wildman–Crippen MR) is 105 cm³/mol. The van der Waals surface area contributed by atoms with Crippen LogP contribution in [0.2, 0.25) is 0 Å². The van der Waals surface area contributed by atoms with Crippen molar-refractivity contribution in [2.45, 2.75) is 35.1 Å². The molecule has 3 rings (SSSR count). The first-order chi connectivity index (χ1) is 13.7. The highest BCUT2D eigenvalue weighted by Gasteiger charge is 2.51. The Morgan fingerprint density at radius 1 is 1.10 bits per heavy atom. The summed E-state index contributed by atoms with van der Waals surface area (Å²) in [7, 11) is 4.33. The molecule has 4 unspecified atom stereocenters. The van der Waals surface area contributed by atoms with Crippen LogP contribution >= 0.6 is 15.9 Å². The minimum Gasteiger partial charge on any atom is -0.454 e. The number of rotatable bonds is 4. The summed E-state index contributed by atoms with van der Waals surface area (Å²) in [5.74, 6) is 0.574. The maximum absolute atomic E-state index is 12.4. The number of aliphatic hydroxyl groups is 3. The molecule has 0 spiro atoms. The van der Waals surface area contributed by atoms with Gasteiger partial charge in [-0.1, -0.05) is 22.0 Å². The molecule has 0 bridgehead atoms. The van der Waals surface area contributed by atoms with Crippen LogP contribution in [0.4, 0.5) is 4.79 Å². The third-order valence-electron chi connectivity index (χ3n) is 5.51. The van der Waals surface area contributed by atoms with Gasteiger partial charge in [-0.3, -0.25) is 14.7 Å². The van der Waals surface area contributed by atoms with Crippen LogP contribution in [-0.4, -0.2) is 99.8 Å². The standard InChI is InChI=1S/C18H24BrN3O7/c1-20(7-23)18(27)22(3)21(2)14-12(13(19)15(24)17(26)16(14)25)9-4-5-10-11(6-9)29-8-28-10/h4-7,12-17,24-26H,8H2,1-3H3/t12?,13?,14-,15+,16?,17?/m1/s1. The Labute approximate surface area is 176 Å². The summed E-state index contributed by atoms with van der Waals surface area (Å²) in [6, 6.07) is 3.83. The molecule has 1 aliphatic carbocycles. The lowest BCUT2D eigenvalue weighted by molar-refractivity contribution is -0.148. The molecule has 29 heavy (non-hydrogen) atoms. The highest BCUT2D eigenvalue weighted by Crippen LogP contribution is 2.44. The van der Waals surface area contributed by atoms with E-state index in [0.29, 0.717) is 23.5 Å². The number of carbonyl (C=O) groups excluding carboxylic acids is 2. The SMILES string of the molecule is CN(C=O)C(=O)N(C)N(C)[C@H]1C(O)C(O)[C@@H](O)C(Br)C1c1ccc2c(c1)OCO2. The largest absolute Gasteiger partial charge is 0.454 e. The summed E-state index contributed by atoms with van der Waals surface area (Å²) in [5.41, 5.74) is 0.711. The molecule has 160 valence electrons. The van der Waals surface area contributed by atoms with Gasteiger partial charge in [0.25, 0.3) is 0 Å². The summed E-state index contributed by atoms with van der Waals surface area (Å²) in [6.07, 6.45) is -3.69. The van der Waals surface area contributed by atoms with E-state index < -0.39 is 41.1 Å². The zero-order chi connectivity index (χ0) is 21.5. The first kappa shape index (κ1) is 21.8. The summed E-state index contributed by atoms with van der Waals surface area (Å²) < 4.78 is 10.8. The number of amides is 3. The predicted octanol–water partition coefficient (Wildman–Crippen LogP) is -0.286. The molecule has 0 radical (unpaired) electrons. The van der Waals surface area contributed by atoms with Gasteiger partial charge in [0.15, 0.2) is 11.5 Å². The van der Waals surface area contributed by atoms with Crippen molar-refractivity contribution in [3.63, 3.8) is 0 Å². The summed E-state index contributed by atoms with van der Waals surface area (Å²) in [4.78, 5) is 23.6. The van der Waals surface area contributed by atoms with Crippen molar-refractivity contribution in [2.24, 2.45) is 0 Å². The van der Waals surface area contributed by atoms with Crippen LogP contribution in [0, 0.1) is 0 Å². The molecule has 10 nitrogen and oxygen atoms in total. The van der Waals surface area contributed by atoms with Crippen molar-refractivity contribution in [2.75, 3.05) is 27.9 Å². The van der Waals surface area contributed by atoms with E-state index in [1.807, 2.05) is 0 Å². The molecule has 0 saturated heterocycles. The van der Waals surface area contributed by atoms with Crippen molar-refractivity contribution in [3.05, 3.63) is 23.8 Å². The van der Waals surface area contributed by atoms with E-state index in [9.17, 15) is 24.9 Å². The van der Waals surface area contributed by atoms with E-state index in [-0.39, 0.29) is 6.79 Å². The Hall–Kier alpha value is -1.92. The zero-order valence-corrected chi connectivity index (χ0v) is 17.8. The van der Waals surface area contributed by atoms with Crippen molar-refractivity contribution in [1.29, 1.82) is 0 Å². The van der Waals surface area contributed by atoms with Gasteiger partial charge in [0, 0.05) is 27.1 Å². The number of carbonyl (C=O) groups is 2. The molecule has 1 aromatic rings. The molecule has 1 aromatic carbocycles. The van der Waals surface area contributed by atoms with Crippen LogP contribution in [-0.2, 0) is 4.79 Å². The van der Waals surface area contributed by atoms with E-state index in [1.54, 1.807) is 25.2 Å². The highest BCUT2D eigenvalue weighted by atomic mass is 79.9. The molecule has 1 aliphatic heterocycles. The van der Waals surface area contributed by atoms with E-state index in [0.717, 1.165) is 4.90 Å². The van der Waals surface area contributed by atoms with Crippen molar-refractivity contribution in [3.8, 4) is 11.5 Å². The van der Waals surface area contributed by atoms with Gasteiger partial charge in [-0.15, -0.1) is 0 Å². The van der Waals surface area contributed by atoms with Gasteiger partial charge in [0.2, 0.25) is 13.2 Å². The molecule has 11 heteroatoms. The number of hydrogen-bond donors (Lipinski definition) is 3. The Morgan fingerprint density at radius 2 is 1.76 bits per heavy atom. The fourth-order valence-electron chi connectivity index (χ4n) is 3.77. The third-order valence-corrected chi connectivity index (χ3v) is 6.62. The van der Waals surface area contributed by atoms with Gasteiger partial charge in [-0.25, -0.2) is 9.80 Å². The highest BCUT2D eigenvalue weighted by molar-refractivity contribution is 9.09. The number of likely N-dealkylation sites (N-methyl/N-ethyl adjacent to an activating group) is 1. The van der Waals surface area contributed by atoms with Crippen molar-refractivity contribution in [1.82, 2.24) is 14.9 Å². The molecule has 3 N–H and O–H groups in total. The van der Waals surface area contributed by atoms with E-state index >= 15 is 0 Å². The number of benzene rings is 1. The molecular formula is C18H24BrN3O7. The number of imide groups is 1. The number of fused-ring (bicyclic) bond motifs is 1. The maximum atomic E-state index is 12.4. The number of aliphatic hydroxyl groups excluding tert-OH is 3. The summed E-state index contributed by atoms with van der Waals surface area (Å²) >= 11 is 3.45. The van der Waals surface area contributed by atoms with Gasteiger partial charge in [-0.05, 0) is 17.7 Å². The number of urea groups is 1. The van der Waals surface area contributed by atoms with E-state index in [1.165, 1.54) is 24.1 Å². The Morgan fingerprint density at radius 3 is 2.41 bits per heavy atom. The maximum Gasteiger partial charge on any atom is 0.340 e. The second-order valence-electron chi connectivity index (χ2n) is 7.14. The first-order valence-electron chi connectivity index (χ1n) is 8.95. The fourth-order valence-corrected chi connectivity index (χ4v) is 4.70. The number of ether oxygens (including phenoxy) is 2. The normalized spacial score (nSPS) is 30.9. The van der Waals surface area contributed by atoms with Gasteiger partial charge >= 0.3 is 6.03 Å². The lowest BCUT2D eigenvalue weighted by atomic mass is 9.75. The summed E-state index contributed by atoms with van der Waals surface area (Å²) in [5, 5.41) is 34.2. The smallest absolute Gasteiger partial charge is 0.340 e. The van der Waals surface area contributed by atoms with Gasteiger partial charge in [0.05, 0.1) is 17.0 Å². The van der Waals surface area contributed by atoms with Crippen LogP contribution in [0.1, 0.15) is 11.5 Å². The second kappa shape index (κ2) is 8.44.